The van der Waals surface area contributed by atoms with Crippen molar-refractivity contribution in [2.75, 3.05) is 12.4 Å². The van der Waals surface area contributed by atoms with E-state index in [0.29, 0.717) is 18.2 Å². The molecule has 0 spiro atoms. The Hall–Kier alpha value is -3.06. The highest BCUT2D eigenvalue weighted by Crippen LogP contribution is 2.21. The lowest BCUT2D eigenvalue weighted by molar-refractivity contribution is 0.0992. The van der Waals surface area contributed by atoms with Gasteiger partial charge in [-0.3, -0.25) is 4.79 Å². The number of carbonyl (C=O) groups excluding carboxylic acids is 1. The second-order valence-electron chi connectivity index (χ2n) is 5.96. The first kappa shape index (κ1) is 17.8. The molecule has 7 nitrogen and oxygen atoms in total. The van der Waals surface area contributed by atoms with Crippen LogP contribution in [-0.4, -0.2) is 22.8 Å². The summed E-state index contributed by atoms with van der Waals surface area (Å²) in [5, 5.41) is 6.79. The highest BCUT2D eigenvalue weighted by atomic mass is 16.5. The molecular weight excluding hydrogens is 334 g/mol. The highest BCUT2D eigenvalue weighted by molar-refractivity contribution is 6.02. The van der Waals surface area contributed by atoms with Gasteiger partial charge in [-0.25, -0.2) is 4.68 Å². The minimum absolute atomic E-state index is 0.212. The Morgan fingerprint density at radius 2 is 2.12 bits per heavy atom. The van der Waals surface area contributed by atoms with Crippen molar-refractivity contribution in [3.63, 3.8) is 0 Å². The van der Waals surface area contributed by atoms with Crippen LogP contribution in [0.1, 0.15) is 27.4 Å². The van der Waals surface area contributed by atoms with Crippen LogP contribution in [0.5, 0.6) is 5.75 Å². The molecule has 1 amide bonds. The monoisotopic (exact) mass is 355 g/mol. The fraction of sp³-hybridized carbons (Fsp3) is 0.263. The summed E-state index contributed by atoms with van der Waals surface area (Å²) in [5.74, 6) is 1.24. The number of nitrogens with zero attached hydrogens (tertiary/aromatic N) is 2. The second kappa shape index (κ2) is 7.88. The van der Waals surface area contributed by atoms with Crippen molar-refractivity contribution in [3.05, 3.63) is 65.4 Å². The van der Waals surface area contributed by atoms with Gasteiger partial charge in [-0.15, -0.1) is 0 Å². The molecule has 7 heteroatoms. The molecule has 1 N–H and O–H groups in total. The minimum atomic E-state index is -0.347. The van der Waals surface area contributed by atoms with Gasteiger partial charge in [-0.05, 0) is 43.2 Å². The van der Waals surface area contributed by atoms with Crippen LogP contribution in [0.3, 0.4) is 0 Å². The van der Waals surface area contributed by atoms with Crippen LogP contribution < -0.4 is 10.1 Å². The van der Waals surface area contributed by atoms with E-state index in [1.807, 2.05) is 32.0 Å². The predicted octanol–water partition coefficient (Wildman–Crippen LogP) is 3.53. The molecule has 26 heavy (non-hydrogen) atoms. The molecule has 0 saturated heterocycles. The number of aromatic nitrogens is 2. The lowest BCUT2D eigenvalue weighted by Gasteiger charge is -2.08. The average molecular weight is 355 g/mol. The van der Waals surface area contributed by atoms with Gasteiger partial charge in [0.25, 0.3) is 5.91 Å². The number of benzene rings is 1. The Morgan fingerprint density at radius 3 is 2.92 bits per heavy atom. The minimum Gasteiger partial charge on any atom is -0.485 e. The fourth-order valence-corrected chi connectivity index (χ4v) is 2.41. The van der Waals surface area contributed by atoms with E-state index in [4.69, 9.17) is 13.9 Å². The SMILES string of the molecule is COCn1cc(NC(=O)c2ccc(COc3cc(C)ccc3C)o2)cn1. The van der Waals surface area contributed by atoms with Crippen molar-refractivity contribution in [3.8, 4) is 5.75 Å². The molecule has 0 atom stereocenters. The molecule has 0 radical (unpaired) electrons. The van der Waals surface area contributed by atoms with Crippen molar-refractivity contribution < 1.29 is 18.7 Å². The third-order valence-corrected chi connectivity index (χ3v) is 3.75. The van der Waals surface area contributed by atoms with Crippen molar-refractivity contribution in [1.29, 1.82) is 0 Å². The van der Waals surface area contributed by atoms with Crippen LogP contribution in [0.4, 0.5) is 5.69 Å². The number of ether oxygens (including phenoxy) is 2. The zero-order valence-corrected chi connectivity index (χ0v) is 15.0. The third kappa shape index (κ3) is 4.31. The summed E-state index contributed by atoms with van der Waals surface area (Å²) in [7, 11) is 1.57. The molecule has 0 saturated carbocycles. The number of rotatable bonds is 7. The van der Waals surface area contributed by atoms with Gasteiger partial charge in [-0.1, -0.05) is 12.1 Å². The van der Waals surface area contributed by atoms with Gasteiger partial charge < -0.3 is 19.2 Å². The number of aryl methyl sites for hydroxylation is 2. The van der Waals surface area contributed by atoms with Gasteiger partial charge in [0, 0.05) is 7.11 Å². The predicted molar refractivity (Wildman–Crippen MR) is 96.1 cm³/mol. The molecule has 0 unspecified atom stereocenters. The van der Waals surface area contributed by atoms with Gasteiger partial charge in [0.05, 0.1) is 18.1 Å². The number of methoxy groups -OCH3 is 1. The smallest absolute Gasteiger partial charge is 0.291 e. The topological polar surface area (TPSA) is 78.5 Å². The zero-order chi connectivity index (χ0) is 18.5. The van der Waals surface area contributed by atoms with Gasteiger partial charge >= 0.3 is 0 Å². The molecule has 136 valence electrons. The Balaban J connectivity index is 1.59. The van der Waals surface area contributed by atoms with Gasteiger partial charge in [-0.2, -0.15) is 5.10 Å². The molecule has 0 aliphatic heterocycles. The van der Waals surface area contributed by atoms with E-state index in [0.717, 1.165) is 16.9 Å². The van der Waals surface area contributed by atoms with Gasteiger partial charge in [0.1, 0.15) is 24.8 Å². The number of furan rings is 1. The first-order chi connectivity index (χ1) is 12.5. The average Bonchev–Trinajstić information content (AvgIpc) is 3.26. The molecule has 0 aliphatic carbocycles. The maximum Gasteiger partial charge on any atom is 0.291 e. The van der Waals surface area contributed by atoms with Crippen molar-refractivity contribution in [2.24, 2.45) is 0 Å². The molecule has 2 aromatic heterocycles. The third-order valence-electron chi connectivity index (χ3n) is 3.75. The van der Waals surface area contributed by atoms with E-state index in [9.17, 15) is 4.79 Å². The Bertz CT molecular complexity index is 898. The van der Waals surface area contributed by atoms with E-state index in [2.05, 4.69) is 10.4 Å². The number of hydrogen-bond donors (Lipinski definition) is 1. The number of hydrogen-bond acceptors (Lipinski definition) is 5. The summed E-state index contributed by atoms with van der Waals surface area (Å²) in [6.45, 7) is 4.57. The molecule has 0 aliphatic rings. The summed E-state index contributed by atoms with van der Waals surface area (Å²) in [6, 6.07) is 9.37. The Kier molecular flexibility index (Phi) is 5.38. The molecule has 3 aromatic rings. The van der Waals surface area contributed by atoms with Gasteiger partial charge in [0.15, 0.2) is 5.76 Å². The molecule has 0 bridgehead atoms. The summed E-state index contributed by atoms with van der Waals surface area (Å²) in [6.07, 6.45) is 3.22. The van der Waals surface area contributed by atoms with Crippen LogP contribution in [0.25, 0.3) is 0 Å². The quantitative estimate of drug-likeness (QED) is 0.701. The van der Waals surface area contributed by atoms with E-state index < -0.39 is 0 Å². The first-order valence-electron chi connectivity index (χ1n) is 8.16. The maximum absolute atomic E-state index is 12.3. The zero-order valence-electron chi connectivity index (χ0n) is 15.0. The normalized spacial score (nSPS) is 10.7. The number of nitrogens with one attached hydrogen (secondary N) is 1. The molecule has 1 aromatic carbocycles. The lowest BCUT2D eigenvalue weighted by Crippen LogP contribution is -2.10. The van der Waals surface area contributed by atoms with E-state index >= 15 is 0 Å². The van der Waals surface area contributed by atoms with Crippen LogP contribution >= 0.6 is 0 Å². The summed E-state index contributed by atoms with van der Waals surface area (Å²) in [4.78, 5) is 12.3. The standard InChI is InChI=1S/C19H21N3O4/c1-13-4-5-14(2)18(8-13)25-11-16-6-7-17(26-16)19(23)21-15-9-20-22(10-15)12-24-3/h4-10H,11-12H2,1-3H3,(H,21,23). The Morgan fingerprint density at radius 1 is 1.27 bits per heavy atom. The molecule has 3 rings (SSSR count). The molecular formula is C19H21N3O4. The van der Waals surface area contributed by atoms with E-state index in [1.54, 1.807) is 36.3 Å². The van der Waals surface area contributed by atoms with Crippen molar-refractivity contribution >= 4 is 11.6 Å². The van der Waals surface area contributed by atoms with Crippen molar-refractivity contribution in [1.82, 2.24) is 9.78 Å². The van der Waals surface area contributed by atoms with E-state index in [-0.39, 0.29) is 18.3 Å². The number of anilines is 1. The second-order valence-corrected chi connectivity index (χ2v) is 5.96. The maximum atomic E-state index is 12.3. The number of amides is 1. The largest absolute Gasteiger partial charge is 0.485 e. The van der Waals surface area contributed by atoms with Crippen LogP contribution in [0.2, 0.25) is 0 Å². The summed E-state index contributed by atoms with van der Waals surface area (Å²) >= 11 is 0. The van der Waals surface area contributed by atoms with Crippen LogP contribution in [-0.2, 0) is 18.1 Å². The fourth-order valence-electron chi connectivity index (χ4n) is 2.41. The molecule has 2 heterocycles. The van der Waals surface area contributed by atoms with E-state index in [1.165, 1.54) is 0 Å². The lowest BCUT2D eigenvalue weighted by atomic mass is 10.1. The summed E-state index contributed by atoms with van der Waals surface area (Å²) < 4.78 is 17.9. The van der Waals surface area contributed by atoms with Crippen LogP contribution in [0.15, 0.2) is 47.1 Å². The van der Waals surface area contributed by atoms with Crippen molar-refractivity contribution in [2.45, 2.75) is 27.2 Å². The van der Waals surface area contributed by atoms with Crippen LogP contribution in [0, 0.1) is 13.8 Å². The summed E-state index contributed by atoms with van der Waals surface area (Å²) in [5.41, 5.74) is 2.74. The first-order valence-corrected chi connectivity index (χ1v) is 8.16. The molecule has 0 fully saturated rings. The number of carbonyl (C=O) groups is 1. The highest BCUT2D eigenvalue weighted by Gasteiger charge is 2.13. The Labute approximate surface area is 151 Å². The van der Waals surface area contributed by atoms with Gasteiger partial charge in [0.2, 0.25) is 0 Å².